The second-order valence-corrected chi connectivity index (χ2v) is 5.94. The van der Waals surface area contributed by atoms with Crippen molar-refractivity contribution < 1.29 is 5.11 Å². The molecule has 0 saturated carbocycles. The molecule has 3 heteroatoms. The number of aliphatic hydroxyl groups is 1. The van der Waals surface area contributed by atoms with Gasteiger partial charge in [0, 0.05) is 11.6 Å². The SMILES string of the molecule is CC1CC(C)(C)NC(C)(C(C)(C)O)N1. The van der Waals surface area contributed by atoms with Crippen LogP contribution >= 0.6 is 0 Å². The maximum absolute atomic E-state index is 10.1. The van der Waals surface area contributed by atoms with E-state index in [2.05, 4.69) is 31.4 Å². The fraction of sp³-hybridized carbons (Fsp3) is 1.00. The van der Waals surface area contributed by atoms with Crippen molar-refractivity contribution in [3.05, 3.63) is 0 Å². The van der Waals surface area contributed by atoms with Crippen molar-refractivity contribution in [2.75, 3.05) is 0 Å². The maximum atomic E-state index is 10.1. The van der Waals surface area contributed by atoms with Crippen LogP contribution in [0.1, 0.15) is 48.0 Å². The van der Waals surface area contributed by atoms with Gasteiger partial charge in [-0.3, -0.25) is 10.6 Å². The van der Waals surface area contributed by atoms with Crippen LogP contribution in [0.15, 0.2) is 0 Å². The molecule has 0 bridgehead atoms. The zero-order chi connectivity index (χ0) is 11.2. The second kappa shape index (κ2) is 3.19. The lowest BCUT2D eigenvalue weighted by Crippen LogP contribution is -2.76. The van der Waals surface area contributed by atoms with Gasteiger partial charge in [0.25, 0.3) is 0 Å². The minimum atomic E-state index is -0.779. The molecule has 3 N–H and O–H groups in total. The molecule has 0 aromatic rings. The third-order valence-electron chi connectivity index (χ3n) is 3.16. The Morgan fingerprint density at radius 1 is 1.29 bits per heavy atom. The lowest BCUT2D eigenvalue weighted by atomic mass is 9.82. The van der Waals surface area contributed by atoms with Gasteiger partial charge in [-0.15, -0.1) is 0 Å². The third kappa shape index (κ3) is 2.27. The lowest BCUT2D eigenvalue weighted by Gasteiger charge is -2.53. The third-order valence-corrected chi connectivity index (χ3v) is 3.16. The molecule has 1 saturated heterocycles. The van der Waals surface area contributed by atoms with Gasteiger partial charge in [-0.05, 0) is 48.0 Å². The van der Waals surface area contributed by atoms with Crippen molar-refractivity contribution in [2.45, 2.75) is 70.8 Å². The fourth-order valence-electron chi connectivity index (χ4n) is 2.40. The molecule has 1 heterocycles. The molecular weight excluding hydrogens is 176 g/mol. The van der Waals surface area contributed by atoms with Gasteiger partial charge in [-0.25, -0.2) is 0 Å². The van der Waals surface area contributed by atoms with Crippen molar-refractivity contribution in [2.24, 2.45) is 0 Å². The normalized spacial score (nSPS) is 38.4. The summed E-state index contributed by atoms with van der Waals surface area (Å²) in [6.07, 6.45) is 1.07. The molecule has 1 aliphatic rings. The number of hydrogen-bond acceptors (Lipinski definition) is 3. The van der Waals surface area contributed by atoms with Crippen LogP contribution in [-0.2, 0) is 0 Å². The Morgan fingerprint density at radius 3 is 2.14 bits per heavy atom. The van der Waals surface area contributed by atoms with Crippen LogP contribution in [0.3, 0.4) is 0 Å². The van der Waals surface area contributed by atoms with E-state index in [1.807, 2.05) is 20.8 Å². The van der Waals surface area contributed by atoms with Gasteiger partial charge in [-0.1, -0.05) is 0 Å². The molecule has 0 spiro atoms. The first-order chi connectivity index (χ1) is 6.06. The Morgan fingerprint density at radius 2 is 1.79 bits per heavy atom. The highest BCUT2D eigenvalue weighted by Gasteiger charge is 2.47. The largest absolute Gasteiger partial charge is 0.387 e. The van der Waals surface area contributed by atoms with Gasteiger partial charge >= 0.3 is 0 Å². The monoisotopic (exact) mass is 200 g/mol. The van der Waals surface area contributed by atoms with Crippen molar-refractivity contribution in [1.82, 2.24) is 10.6 Å². The first-order valence-electron chi connectivity index (χ1n) is 5.35. The molecule has 3 nitrogen and oxygen atoms in total. The van der Waals surface area contributed by atoms with Crippen molar-refractivity contribution >= 4 is 0 Å². The summed E-state index contributed by atoms with van der Waals surface area (Å²) in [6.45, 7) is 12.2. The van der Waals surface area contributed by atoms with Crippen molar-refractivity contribution in [3.8, 4) is 0 Å². The van der Waals surface area contributed by atoms with E-state index in [1.54, 1.807) is 0 Å². The van der Waals surface area contributed by atoms with Gasteiger partial charge in [0.15, 0.2) is 0 Å². The molecular formula is C11H24N2O. The molecule has 0 aliphatic carbocycles. The predicted octanol–water partition coefficient (Wildman–Crippen LogP) is 1.22. The highest BCUT2D eigenvalue weighted by atomic mass is 16.3. The van der Waals surface area contributed by atoms with Crippen LogP contribution in [0.4, 0.5) is 0 Å². The highest BCUT2D eigenvalue weighted by molar-refractivity contribution is 5.05. The summed E-state index contributed by atoms with van der Waals surface area (Å²) < 4.78 is 0. The Kier molecular flexibility index (Phi) is 2.72. The molecule has 2 atom stereocenters. The van der Waals surface area contributed by atoms with E-state index in [-0.39, 0.29) is 5.54 Å². The Balaban J connectivity index is 2.90. The summed E-state index contributed by atoms with van der Waals surface area (Å²) in [6, 6.07) is 0.419. The average molecular weight is 200 g/mol. The highest BCUT2D eigenvalue weighted by Crippen LogP contribution is 2.29. The predicted molar refractivity (Wildman–Crippen MR) is 59.1 cm³/mol. The van der Waals surface area contributed by atoms with Crippen molar-refractivity contribution in [1.29, 1.82) is 0 Å². The van der Waals surface area contributed by atoms with E-state index < -0.39 is 11.3 Å². The van der Waals surface area contributed by atoms with E-state index in [9.17, 15) is 5.11 Å². The van der Waals surface area contributed by atoms with Crippen LogP contribution < -0.4 is 10.6 Å². The number of rotatable bonds is 1. The summed E-state index contributed by atoms with van der Waals surface area (Å²) in [5.74, 6) is 0. The van der Waals surface area contributed by atoms with Crippen molar-refractivity contribution in [3.63, 3.8) is 0 Å². The van der Waals surface area contributed by atoms with Gasteiger partial charge in [0.1, 0.15) is 0 Å². The summed E-state index contributed by atoms with van der Waals surface area (Å²) in [5, 5.41) is 17.0. The lowest BCUT2D eigenvalue weighted by molar-refractivity contribution is -0.0676. The molecule has 0 amide bonds. The Bertz CT molecular complexity index is 220. The van der Waals surface area contributed by atoms with Gasteiger partial charge in [-0.2, -0.15) is 0 Å². The van der Waals surface area contributed by atoms with Gasteiger partial charge in [0.05, 0.1) is 11.3 Å². The molecule has 1 fully saturated rings. The van der Waals surface area contributed by atoms with Crippen LogP contribution in [0.25, 0.3) is 0 Å². The zero-order valence-corrected chi connectivity index (χ0v) is 10.2. The van der Waals surface area contributed by atoms with E-state index in [0.29, 0.717) is 6.04 Å². The van der Waals surface area contributed by atoms with Gasteiger partial charge in [0.2, 0.25) is 0 Å². The molecule has 14 heavy (non-hydrogen) atoms. The molecule has 0 aromatic carbocycles. The fourth-order valence-corrected chi connectivity index (χ4v) is 2.40. The topological polar surface area (TPSA) is 44.3 Å². The van der Waals surface area contributed by atoms with Gasteiger partial charge < -0.3 is 5.11 Å². The van der Waals surface area contributed by atoms with E-state index in [1.165, 1.54) is 0 Å². The molecule has 84 valence electrons. The zero-order valence-electron chi connectivity index (χ0n) is 10.2. The smallest absolute Gasteiger partial charge is 0.0954 e. The first kappa shape index (κ1) is 12.0. The van der Waals surface area contributed by atoms with Crippen LogP contribution in [0.5, 0.6) is 0 Å². The van der Waals surface area contributed by atoms with Crippen LogP contribution in [0, 0.1) is 0 Å². The minimum absolute atomic E-state index is 0.0689. The van der Waals surface area contributed by atoms with Crippen LogP contribution in [0.2, 0.25) is 0 Å². The van der Waals surface area contributed by atoms with E-state index in [4.69, 9.17) is 0 Å². The molecule has 2 unspecified atom stereocenters. The average Bonchev–Trinajstić information content (AvgIpc) is 1.76. The molecule has 1 aliphatic heterocycles. The van der Waals surface area contributed by atoms with Crippen LogP contribution in [-0.4, -0.2) is 28.0 Å². The number of hydrogen-bond donors (Lipinski definition) is 3. The summed E-state index contributed by atoms with van der Waals surface area (Å²) >= 11 is 0. The second-order valence-electron chi connectivity index (χ2n) is 5.94. The Hall–Kier alpha value is -0.120. The summed E-state index contributed by atoms with van der Waals surface area (Å²) in [7, 11) is 0. The summed E-state index contributed by atoms with van der Waals surface area (Å²) in [4.78, 5) is 0. The molecule has 0 radical (unpaired) electrons. The summed E-state index contributed by atoms with van der Waals surface area (Å²) in [5.41, 5.74) is -1.13. The molecule has 1 rings (SSSR count). The first-order valence-corrected chi connectivity index (χ1v) is 5.35. The quantitative estimate of drug-likeness (QED) is 0.596. The van der Waals surface area contributed by atoms with E-state index >= 15 is 0 Å². The molecule has 0 aromatic heterocycles. The maximum Gasteiger partial charge on any atom is 0.0954 e. The minimum Gasteiger partial charge on any atom is -0.387 e. The Labute approximate surface area is 87.3 Å². The standard InChI is InChI=1S/C11H24N2O/c1-8-7-9(2,3)13-11(6,12-8)10(4,5)14/h8,12-14H,7H2,1-6H3. The van der Waals surface area contributed by atoms with E-state index in [0.717, 1.165) is 6.42 Å². The number of nitrogens with one attached hydrogen (secondary N) is 2.